The van der Waals surface area contributed by atoms with E-state index in [4.69, 9.17) is 28.9 Å². The van der Waals surface area contributed by atoms with E-state index < -0.39 is 16.1 Å². The van der Waals surface area contributed by atoms with Gasteiger partial charge in [-0.2, -0.15) is 0 Å². The number of nitrogens with one attached hydrogen (secondary N) is 1. The van der Waals surface area contributed by atoms with E-state index in [1.807, 2.05) is 0 Å². The third kappa shape index (κ3) is 3.45. The Bertz CT molecular complexity index is 729. The highest BCUT2D eigenvalue weighted by Crippen LogP contribution is 2.34. The smallest absolute Gasteiger partial charge is 0.243 e. The van der Waals surface area contributed by atoms with Crippen LogP contribution in [0.15, 0.2) is 35.2 Å². The first-order valence-electron chi connectivity index (χ1n) is 5.62. The summed E-state index contributed by atoms with van der Waals surface area (Å²) in [6, 6.07) is 7.92. The number of hydrogen-bond acceptors (Lipinski definition) is 4. The van der Waals surface area contributed by atoms with E-state index in [9.17, 15) is 8.42 Å². The van der Waals surface area contributed by atoms with Gasteiger partial charge in [0.2, 0.25) is 10.0 Å². The second-order valence-electron chi connectivity index (χ2n) is 4.20. The molecule has 20 heavy (non-hydrogen) atoms. The van der Waals surface area contributed by atoms with Crippen LogP contribution < -0.4 is 10.5 Å². The predicted molar refractivity (Wildman–Crippen MR) is 83.9 cm³/mol. The van der Waals surface area contributed by atoms with Crippen molar-refractivity contribution in [3.63, 3.8) is 0 Å². The van der Waals surface area contributed by atoms with Crippen molar-refractivity contribution < 1.29 is 8.42 Å². The van der Waals surface area contributed by atoms with Gasteiger partial charge in [0.25, 0.3) is 0 Å². The van der Waals surface area contributed by atoms with E-state index >= 15 is 0 Å². The average molecular weight is 351 g/mol. The van der Waals surface area contributed by atoms with Crippen LogP contribution in [0.1, 0.15) is 18.5 Å². The fraction of sp³-hybridized carbons (Fsp3) is 0.167. The van der Waals surface area contributed by atoms with Gasteiger partial charge in [0.1, 0.15) is 9.23 Å². The van der Waals surface area contributed by atoms with Gasteiger partial charge in [-0.05, 0) is 30.7 Å². The molecule has 8 heteroatoms. The van der Waals surface area contributed by atoms with Crippen LogP contribution in [-0.4, -0.2) is 8.42 Å². The molecule has 0 saturated heterocycles. The number of nitrogen functional groups attached to an aromatic ring is 1. The Kier molecular flexibility index (Phi) is 4.61. The first-order valence-corrected chi connectivity index (χ1v) is 8.68. The minimum Gasteiger partial charge on any atom is -0.399 e. The lowest BCUT2D eigenvalue weighted by atomic mass is 10.1. The number of thiophene rings is 1. The van der Waals surface area contributed by atoms with Crippen LogP contribution in [0.3, 0.4) is 0 Å². The van der Waals surface area contributed by atoms with Gasteiger partial charge in [0.15, 0.2) is 0 Å². The maximum Gasteiger partial charge on any atom is 0.243 e. The van der Waals surface area contributed by atoms with Gasteiger partial charge in [-0.25, -0.2) is 13.1 Å². The molecule has 1 aromatic heterocycles. The Morgan fingerprint density at radius 2 is 2.00 bits per heavy atom. The molecule has 108 valence electrons. The van der Waals surface area contributed by atoms with Crippen LogP contribution in [0.2, 0.25) is 8.67 Å². The molecule has 4 nitrogen and oxygen atoms in total. The molecule has 3 N–H and O–H groups in total. The number of anilines is 1. The van der Waals surface area contributed by atoms with Gasteiger partial charge in [-0.3, -0.25) is 0 Å². The lowest BCUT2D eigenvalue weighted by Crippen LogP contribution is -2.26. The first kappa shape index (κ1) is 15.6. The van der Waals surface area contributed by atoms with E-state index in [1.165, 1.54) is 6.07 Å². The molecule has 0 saturated carbocycles. The minimum atomic E-state index is -3.73. The topological polar surface area (TPSA) is 72.2 Å². The predicted octanol–water partition coefficient (Wildman–Crippen LogP) is 3.68. The Morgan fingerprint density at radius 3 is 2.55 bits per heavy atom. The quantitative estimate of drug-likeness (QED) is 0.826. The van der Waals surface area contributed by atoms with Crippen LogP contribution in [0.5, 0.6) is 0 Å². The highest BCUT2D eigenvalue weighted by molar-refractivity contribution is 7.89. The molecule has 1 aromatic carbocycles. The molecule has 2 rings (SSSR count). The summed E-state index contributed by atoms with van der Waals surface area (Å²) in [7, 11) is -3.73. The summed E-state index contributed by atoms with van der Waals surface area (Å²) < 4.78 is 27.5. The second-order valence-corrected chi connectivity index (χ2v) is 8.17. The Labute approximate surface area is 131 Å². The van der Waals surface area contributed by atoms with Crippen molar-refractivity contribution in [2.75, 3.05) is 5.73 Å². The van der Waals surface area contributed by atoms with Crippen molar-refractivity contribution in [3.8, 4) is 0 Å². The molecular formula is C12H12Cl2N2O2S2. The van der Waals surface area contributed by atoms with Crippen molar-refractivity contribution >= 4 is 50.2 Å². The number of hydrogen-bond donors (Lipinski definition) is 2. The maximum absolute atomic E-state index is 12.3. The third-order valence-electron chi connectivity index (χ3n) is 2.66. The van der Waals surface area contributed by atoms with Crippen LogP contribution in [-0.2, 0) is 10.0 Å². The molecule has 0 aliphatic rings. The van der Waals surface area contributed by atoms with Gasteiger partial charge >= 0.3 is 0 Å². The molecular weight excluding hydrogens is 339 g/mol. The number of halogens is 2. The van der Waals surface area contributed by atoms with Gasteiger partial charge in [0.05, 0.1) is 4.34 Å². The zero-order valence-electron chi connectivity index (χ0n) is 10.4. The van der Waals surface area contributed by atoms with Crippen molar-refractivity contribution in [1.82, 2.24) is 4.72 Å². The molecule has 0 bridgehead atoms. The number of sulfonamides is 1. The van der Waals surface area contributed by atoms with E-state index in [0.717, 1.165) is 16.9 Å². The first-order chi connectivity index (χ1) is 9.29. The zero-order valence-corrected chi connectivity index (χ0v) is 13.6. The second kappa shape index (κ2) is 5.91. The molecule has 0 spiro atoms. The third-order valence-corrected chi connectivity index (χ3v) is 5.95. The summed E-state index contributed by atoms with van der Waals surface area (Å²) >= 11 is 12.7. The monoisotopic (exact) mass is 350 g/mol. The van der Waals surface area contributed by atoms with Gasteiger partial charge in [-0.15, -0.1) is 11.3 Å². The summed E-state index contributed by atoms with van der Waals surface area (Å²) in [5, 5.41) is 0. The summed E-state index contributed by atoms with van der Waals surface area (Å²) in [6.07, 6.45) is 0. The van der Waals surface area contributed by atoms with Crippen LogP contribution in [0.4, 0.5) is 5.69 Å². The molecule has 0 amide bonds. The normalized spacial score (nSPS) is 13.3. The Balaban J connectivity index is 2.27. The molecule has 0 radical (unpaired) electrons. The van der Waals surface area contributed by atoms with Crippen molar-refractivity contribution in [2.24, 2.45) is 0 Å². The van der Waals surface area contributed by atoms with Crippen molar-refractivity contribution in [3.05, 3.63) is 44.6 Å². The van der Waals surface area contributed by atoms with Crippen LogP contribution in [0, 0.1) is 0 Å². The fourth-order valence-corrected chi connectivity index (χ4v) is 5.08. The average Bonchev–Trinajstić information content (AvgIpc) is 2.69. The largest absolute Gasteiger partial charge is 0.399 e. The summed E-state index contributed by atoms with van der Waals surface area (Å²) in [6.45, 7) is 1.73. The van der Waals surface area contributed by atoms with Crippen molar-refractivity contribution in [1.29, 1.82) is 0 Å². The number of rotatable bonds is 4. The Morgan fingerprint density at radius 1 is 1.30 bits per heavy atom. The lowest BCUT2D eigenvalue weighted by Gasteiger charge is -2.14. The molecule has 0 fully saturated rings. The van der Waals surface area contributed by atoms with Crippen LogP contribution in [0.25, 0.3) is 0 Å². The SMILES string of the molecule is CC(NS(=O)(=O)c1cc(Cl)sc1Cl)c1cccc(N)c1. The van der Waals surface area contributed by atoms with E-state index in [-0.39, 0.29) is 9.23 Å². The van der Waals surface area contributed by atoms with E-state index in [1.54, 1.807) is 31.2 Å². The number of nitrogens with two attached hydrogens (primary N) is 1. The summed E-state index contributed by atoms with van der Waals surface area (Å²) in [5.41, 5.74) is 7.03. The minimum absolute atomic E-state index is 0.00933. The Hall–Kier alpha value is -0.790. The lowest BCUT2D eigenvalue weighted by molar-refractivity contribution is 0.567. The van der Waals surface area contributed by atoms with Crippen LogP contribution >= 0.6 is 34.5 Å². The molecule has 2 aromatic rings. The molecule has 1 atom stereocenters. The number of benzene rings is 1. The highest BCUT2D eigenvalue weighted by atomic mass is 35.5. The summed E-state index contributed by atoms with van der Waals surface area (Å²) in [4.78, 5) is -0.00933. The van der Waals surface area contributed by atoms with E-state index in [0.29, 0.717) is 10.0 Å². The van der Waals surface area contributed by atoms with Crippen molar-refractivity contribution in [2.45, 2.75) is 17.9 Å². The standard InChI is InChI=1S/C12H12Cl2N2O2S2/c1-7(8-3-2-4-9(15)5-8)16-20(17,18)10-6-11(13)19-12(10)14/h2-7,16H,15H2,1H3. The molecule has 1 heterocycles. The maximum atomic E-state index is 12.3. The molecule has 1 unspecified atom stereocenters. The van der Waals surface area contributed by atoms with E-state index in [2.05, 4.69) is 4.72 Å². The summed E-state index contributed by atoms with van der Waals surface area (Å²) in [5.74, 6) is 0. The highest BCUT2D eigenvalue weighted by Gasteiger charge is 2.23. The fourth-order valence-electron chi connectivity index (χ4n) is 1.70. The van der Waals surface area contributed by atoms with Gasteiger partial charge in [0, 0.05) is 11.7 Å². The zero-order chi connectivity index (χ0) is 14.9. The molecule has 0 aliphatic carbocycles. The molecule has 0 aliphatic heterocycles. The van der Waals surface area contributed by atoms with Gasteiger partial charge < -0.3 is 5.73 Å². The van der Waals surface area contributed by atoms with Gasteiger partial charge in [-0.1, -0.05) is 35.3 Å².